The highest BCUT2D eigenvalue weighted by Crippen LogP contribution is 2.38. The zero-order valence-corrected chi connectivity index (χ0v) is 20.2. The van der Waals surface area contributed by atoms with E-state index in [9.17, 15) is 14.4 Å². The van der Waals surface area contributed by atoms with E-state index in [1.165, 1.54) is 6.92 Å². The molecule has 0 saturated carbocycles. The van der Waals surface area contributed by atoms with Crippen molar-refractivity contribution >= 4 is 57.3 Å². The van der Waals surface area contributed by atoms with Gasteiger partial charge in [-0.05, 0) is 66.2 Å². The molecule has 4 rings (SSSR count). The number of amides is 2. The summed E-state index contributed by atoms with van der Waals surface area (Å²) in [6, 6.07) is 17.8. The van der Waals surface area contributed by atoms with Gasteiger partial charge in [0.25, 0.3) is 11.1 Å². The third kappa shape index (κ3) is 4.95. The molecular formula is C26H22ClNO5S. The third-order valence-corrected chi connectivity index (χ3v) is 6.49. The van der Waals surface area contributed by atoms with Crippen LogP contribution in [0.25, 0.3) is 16.8 Å². The number of halogens is 1. The van der Waals surface area contributed by atoms with Crippen molar-refractivity contribution in [1.29, 1.82) is 0 Å². The number of ether oxygens (including phenoxy) is 2. The second-order valence-corrected chi connectivity index (χ2v) is 9.02. The maximum atomic E-state index is 13.1. The molecule has 6 nitrogen and oxygen atoms in total. The molecule has 0 unspecified atom stereocenters. The Hall–Kier alpha value is -3.29. The molecule has 0 aromatic heterocycles. The Morgan fingerprint density at radius 3 is 2.56 bits per heavy atom. The van der Waals surface area contributed by atoms with Crippen LogP contribution >= 0.6 is 23.4 Å². The van der Waals surface area contributed by atoms with Crippen molar-refractivity contribution < 1.29 is 23.9 Å². The maximum Gasteiger partial charge on any atom is 0.329 e. The predicted molar refractivity (Wildman–Crippen MR) is 134 cm³/mol. The lowest BCUT2D eigenvalue weighted by Gasteiger charge is -2.19. The molecule has 1 aliphatic rings. The minimum Gasteiger partial charge on any atom is -0.488 e. The molecule has 1 saturated heterocycles. The van der Waals surface area contributed by atoms with Crippen LogP contribution in [-0.4, -0.2) is 34.7 Å². The van der Waals surface area contributed by atoms with Crippen molar-refractivity contribution in [3.8, 4) is 5.75 Å². The van der Waals surface area contributed by atoms with Crippen LogP contribution in [0.3, 0.4) is 0 Å². The van der Waals surface area contributed by atoms with E-state index in [1.54, 1.807) is 25.1 Å². The normalized spacial score (nSPS) is 15.7. The summed E-state index contributed by atoms with van der Waals surface area (Å²) in [5.74, 6) is -0.589. The highest BCUT2D eigenvalue weighted by Gasteiger charge is 2.41. The van der Waals surface area contributed by atoms with E-state index < -0.39 is 23.2 Å². The number of thioether (sulfide) groups is 1. The van der Waals surface area contributed by atoms with Gasteiger partial charge in [-0.3, -0.25) is 14.5 Å². The smallest absolute Gasteiger partial charge is 0.329 e. The quantitative estimate of drug-likeness (QED) is 0.293. The van der Waals surface area contributed by atoms with Crippen LogP contribution in [0.15, 0.2) is 65.6 Å². The predicted octanol–water partition coefficient (Wildman–Crippen LogP) is 6.06. The molecule has 1 aliphatic heterocycles. The van der Waals surface area contributed by atoms with Gasteiger partial charge in [0, 0.05) is 10.6 Å². The van der Waals surface area contributed by atoms with Gasteiger partial charge in [0.2, 0.25) is 0 Å². The molecule has 3 aromatic rings. The van der Waals surface area contributed by atoms with Gasteiger partial charge in [-0.2, -0.15) is 0 Å². The molecule has 1 atom stereocenters. The van der Waals surface area contributed by atoms with Gasteiger partial charge in [-0.25, -0.2) is 4.79 Å². The maximum absolute atomic E-state index is 13.1. The van der Waals surface area contributed by atoms with Gasteiger partial charge in [0.15, 0.2) is 0 Å². The average Bonchev–Trinajstić information content (AvgIpc) is 3.11. The molecule has 0 aliphatic carbocycles. The number of esters is 1. The zero-order chi connectivity index (χ0) is 24.2. The Labute approximate surface area is 206 Å². The first kappa shape index (κ1) is 23.9. The summed E-state index contributed by atoms with van der Waals surface area (Å²) in [7, 11) is 0. The first-order chi connectivity index (χ1) is 16.4. The molecule has 34 heavy (non-hydrogen) atoms. The largest absolute Gasteiger partial charge is 0.488 e. The van der Waals surface area contributed by atoms with Gasteiger partial charge in [-0.1, -0.05) is 54.1 Å². The van der Waals surface area contributed by atoms with Gasteiger partial charge in [0.1, 0.15) is 18.4 Å². The Kier molecular flexibility index (Phi) is 7.24. The van der Waals surface area contributed by atoms with E-state index in [4.69, 9.17) is 21.1 Å². The number of hydrogen-bond donors (Lipinski definition) is 0. The van der Waals surface area contributed by atoms with Gasteiger partial charge in [-0.15, -0.1) is 0 Å². The van der Waals surface area contributed by atoms with E-state index in [0.29, 0.717) is 22.9 Å². The van der Waals surface area contributed by atoms with E-state index in [1.807, 2.05) is 48.5 Å². The Bertz CT molecular complexity index is 1290. The summed E-state index contributed by atoms with van der Waals surface area (Å²) in [6.45, 7) is 3.62. The lowest BCUT2D eigenvalue weighted by atomic mass is 10.0. The Morgan fingerprint density at radius 1 is 1.09 bits per heavy atom. The SMILES string of the molecule is CCOC(=O)[C@@H](C)N1C(=O)S/C(=C/c2c(OCc3ccc(Cl)cc3)ccc3ccccc23)C1=O. The van der Waals surface area contributed by atoms with Gasteiger partial charge < -0.3 is 9.47 Å². The minimum atomic E-state index is -1.01. The Balaban J connectivity index is 1.69. The number of carbonyl (C=O) groups excluding carboxylic acids is 3. The van der Waals surface area contributed by atoms with Crippen molar-refractivity contribution in [1.82, 2.24) is 4.90 Å². The molecule has 0 radical (unpaired) electrons. The molecule has 3 aromatic carbocycles. The Morgan fingerprint density at radius 2 is 1.82 bits per heavy atom. The summed E-state index contributed by atoms with van der Waals surface area (Å²) in [5, 5.41) is 1.97. The fraction of sp³-hybridized carbons (Fsp3) is 0.192. The van der Waals surface area contributed by atoms with E-state index in [-0.39, 0.29) is 11.5 Å². The highest BCUT2D eigenvalue weighted by molar-refractivity contribution is 8.18. The molecule has 174 valence electrons. The van der Waals surface area contributed by atoms with Crippen LogP contribution in [0, 0.1) is 0 Å². The standard InChI is InChI=1S/C26H22ClNO5S/c1-3-32-25(30)16(2)28-24(29)23(34-26(28)31)14-21-20-7-5-4-6-18(20)10-13-22(21)33-15-17-8-11-19(27)12-9-17/h4-14,16H,3,15H2,1-2H3/b23-14+/t16-/m1/s1. The molecule has 1 heterocycles. The van der Waals surface area contributed by atoms with Gasteiger partial charge in [0.05, 0.1) is 11.5 Å². The molecular weight excluding hydrogens is 474 g/mol. The number of fused-ring (bicyclic) bond motifs is 1. The number of nitrogens with zero attached hydrogens (tertiary/aromatic N) is 1. The average molecular weight is 496 g/mol. The van der Waals surface area contributed by atoms with E-state index in [0.717, 1.165) is 33.0 Å². The summed E-state index contributed by atoms with van der Waals surface area (Å²) in [5.41, 5.74) is 1.62. The van der Waals surface area contributed by atoms with Crippen molar-refractivity contribution in [2.75, 3.05) is 6.61 Å². The minimum absolute atomic E-state index is 0.166. The van der Waals surface area contributed by atoms with Crippen LogP contribution in [0.2, 0.25) is 5.02 Å². The number of hydrogen-bond acceptors (Lipinski definition) is 6. The fourth-order valence-electron chi connectivity index (χ4n) is 3.61. The van der Waals surface area contributed by atoms with E-state index in [2.05, 4.69) is 0 Å². The molecule has 0 N–H and O–H groups in total. The first-order valence-electron chi connectivity index (χ1n) is 10.7. The van der Waals surface area contributed by atoms with Crippen LogP contribution in [0.1, 0.15) is 25.0 Å². The highest BCUT2D eigenvalue weighted by atomic mass is 35.5. The lowest BCUT2D eigenvalue weighted by Crippen LogP contribution is -2.42. The summed E-state index contributed by atoms with van der Waals surface area (Å²) < 4.78 is 11.1. The zero-order valence-electron chi connectivity index (χ0n) is 18.6. The molecule has 8 heteroatoms. The van der Waals surface area contributed by atoms with Crippen LogP contribution in [-0.2, 0) is 20.9 Å². The van der Waals surface area contributed by atoms with Crippen molar-refractivity contribution in [3.63, 3.8) is 0 Å². The van der Waals surface area contributed by atoms with Crippen LogP contribution < -0.4 is 4.74 Å². The molecule has 2 amide bonds. The van der Waals surface area contributed by atoms with Crippen LogP contribution in [0.4, 0.5) is 4.79 Å². The van der Waals surface area contributed by atoms with Gasteiger partial charge >= 0.3 is 5.97 Å². The molecule has 0 bridgehead atoms. The van der Waals surface area contributed by atoms with Crippen molar-refractivity contribution in [2.45, 2.75) is 26.5 Å². The number of imide groups is 1. The lowest BCUT2D eigenvalue weighted by molar-refractivity contribution is -0.150. The summed E-state index contributed by atoms with van der Waals surface area (Å²) in [6.07, 6.45) is 1.66. The number of rotatable bonds is 7. The molecule has 0 spiro atoms. The van der Waals surface area contributed by atoms with Crippen LogP contribution in [0.5, 0.6) is 5.75 Å². The van der Waals surface area contributed by atoms with Crippen molar-refractivity contribution in [3.05, 3.63) is 81.7 Å². The molecule has 1 fully saturated rings. The second kappa shape index (κ2) is 10.3. The topological polar surface area (TPSA) is 72.9 Å². The first-order valence-corrected chi connectivity index (χ1v) is 11.9. The van der Waals surface area contributed by atoms with E-state index >= 15 is 0 Å². The second-order valence-electron chi connectivity index (χ2n) is 7.59. The van der Waals surface area contributed by atoms with Crippen molar-refractivity contribution in [2.24, 2.45) is 0 Å². The summed E-state index contributed by atoms with van der Waals surface area (Å²) in [4.78, 5) is 39.0. The number of benzene rings is 3. The fourth-order valence-corrected chi connectivity index (χ4v) is 4.62. The summed E-state index contributed by atoms with van der Waals surface area (Å²) >= 11 is 6.76. The third-order valence-electron chi connectivity index (χ3n) is 5.35. The monoisotopic (exact) mass is 495 g/mol. The number of carbonyl (C=O) groups is 3.